The standard InChI is InChI=1S/C14H12Cl2FN/c15-8-12(10-1-3-13(17)4-2-10)7-11-5-6-18-9-14(11)16/h1-6,9,12H,7-8H2. The van der Waals surface area contributed by atoms with Crippen molar-refractivity contribution in [1.82, 2.24) is 4.98 Å². The first kappa shape index (κ1) is 13.3. The Morgan fingerprint density at radius 1 is 1.17 bits per heavy atom. The summed E-state index contributed by atoms with van der Waals surface area (Å²) in [6.45, 7) is 0. The highest BCUT2D eigenvalue weighted by atomic mass is 35.5. The lowest BCUT2D eigenvalue weighted by atomic mass is 9.94. The zero-order valence-electron chi connectivity index (χ0n) is 9.61. The van der Waals surface area contributed by atoms with E-state index in [0.717, 1.165) is 17.5 Å². The molecule has 1 aromatic heterocycles. The molecule has 18 heavy (non-hydrogen) atoms. The Morgan fingerprint density at radius 3 is 2.50 bits per heavy atom. The summed E-state index contributed by atoms with van der Waals surface area (Å²) in [6, 6.07) is 8.30. The fourth-order valence-electron chi connectivity index (χ4n) is 1.83. The van der Waals surface area contributed by atoms with E-state index >= 15 is 0 Å². The number of hydrogen-bond acceptors (Lipinski definition) is 1. The summed E-state index contributed by atoms with van der Waals surface area (Å²) >= 11 is 12.1. The number of hydrogen-bond donors (Lipinski definition) is 0. The predicted molar refractivity (Wildman–Crippen MR) is 72.8 cm³/mol. The molecule has 4 heteroatoms. The third kappa shape index (κ3) is 3.21. The molecule has 1 heterocycles. The van der Waals surface area contributed by atoms with Crippen molar-refractivity contribution >= 4 is 23.2 Å². The van der Waals surface area contributed by atoms with Crippen LogP contribution >= 0.6 is 23.2 Å². The maximum Gasteiger partial charge on any atom is 0.123 e. The maximum absolute atomic E-state index is 12.9. The van der Waals surface area contributed by atoms with Crippen LogP contribution < -0.4 is 0 Å². The lowest BCUT2D eigenvalue weighted by Crippen LogP contribution is -2.05. The van der Waals surface area contributed by atoms with Crippen LogP contribution in [0.4, 0.5) is 4.39 Å². The summed E-state index contributed by atoms with van der Waals surface area (Å²) in [4.78, 5) is 3.95. The molecule has 94 valence electrons. The van der Waals surface area contributed by atoms with Gasteiger partial charge in [0.1, 0.15) is 5.82 Å². The maximum atomic E-state index is 12.9. The smallest absolute Gasteiger partial charge is 0.123 e. The van der Waals surface area contributed by atoms with Crippen molar-refractivity contribution in [2.75, 3.05) is 5.88 Å². The molecule has 0 amide bonds. The number of pyridine rings is 1. The Balaban J connectivity index is 2.20. The van der Waals surface area contributed by atoms with Gasteiger partial charge in [0.25, 0.3) is 0 Å². The van der Waals surface area contributed by atoms with Crippen LogP contribution in [-0.2, 0) is 6.42 Å². The third-order valence-electron chi connectivity index (χ3n) is 2.85. The summed E-state index contributed by atoms with van der Waals surface area (Å²) < 4.78 is 12.9. The summed E-state index contributed by atoms with van der Waals surface area (Å²) in [5, 5.41) is 0.634. The molecule has 0 aliphatic heterocycles. The quantitative estimate of drug-likeness (QED) is 0.756. The van der Waals surface area contributed by atoms with E-state index in [9.17, 15) is 4.39 Å². The van der Waals surface area contributed by atoms with E-state index in [1.807, 2.05) is 6.07 Å². The van der Waals surface area contributed by atoms with Gasteiger partial charge >= 0.3 is 0 Å². The lowest BCUT2D eigenvalue weighted by Gasteiger charge is -2.15. The molecule has 0 aliphatic carbocycles. The Labute approximate surface area is 116 Å². The summed E-state index contributed by atoms with van der Waals surface area (Å²) in [5.41, 5.74) is 2.01. The Morgan fingerprint density at radius 2 is 1.89 bits per heavy atom. The first-order valence-corrected chi connectivity index (χ1v) is 6.51. The fraction of sp³-hybridized carbons (Fsp3) is 0.214. The first-order chi connectivity index (χ1) is 8.70. The van der Waals surface area contributed by atoms with Crippen molar-refractivity contribution in [3.8, 4) is 0 Å². The number of nitrogens with zero attached hydrogens (tertiary/aromatic N) is 1. The average molecular weight is 284 g/mol. The largest absolute Gasteiger partial charge is 0.263 e. The Bertz CT molecular complexity index is 513. The summed E-state index contributed by atoms with van der Waals surface area (Å²) in [7, 11) is 0. The van der Waals surface area contributed by atoms with Crippen LogP contribution in [0.1, 0.15) is 17.0 Å². The van der Waals surface area contributed by atoms with E-state index in [0.29, 0.717) is 10.9 Å². The molecule has 1 aromatic carbocycles. The molecule has 1 nitrogen and oxygen atoms in total. The topological polar surface area (TPSA) is 12.9 Å². The monoisotopic (exact) mass is 283 g/mol. The molecule has 1 atom stereocenters. The second-order valence-electron chi connectivity index (χ2n) is 4.07. The highest BCUT2D eigenvalue weighted by Crippen LogP contribution is 2.25. The van der Waals surface area contributed by atoms with Gasteiger partial charge in [-0.1, -0.05) is 23.7 Å². The predicted octanol–water partition coefficient (Wildman–Crippen LogP) is 4.44. The molecule has 0 radical (unpaired) electrons. The van der Waals surface area contributed by atoms with E-state index in [2.05, 4.69) is 4.98 Å². The van der Waals surface area contributed by atoms with Crippen LogP contribution in [-0.4, -0.2) is 10.9 Å². The minimum atomic E-state index is -0.242. The Kier molecular flexibility index (Phi) is 4.56. The van der Waals surface area contributed by atoms with Crippen LogP contribution in [0.3, 0.4) is 0 Å². The molecule has 0 bridgehead atoms. The third-order valence-corrected chi connectivity index (χ3v) is 3.56. The number of rotatable bonds is 4. The molecule has 0 fully saturated rings. The van der Waals surface area contributed by atoms with E-state index in [-0.39, 0.29) is 11.7 Å². The summed E-state index contributed by atoms with van der Waals surface area (Å²) in [6.07, 6.45) is 4.04. The molecule has 0 saturated carbocycles. The van der Waals surface area contributed by atoms with Gasteiger partial charge in [0.15, 0.2) is 0 Å². The van der Waals surface area contributed by atoms with Crippen molar-refractivity contribution in [1.29, 1.82) is 0 Å². The average Bonchev–Trinajstić information content (AvgIpc) is 2.39. The summed E-state index contributed by atoms with van der Waals surface area (Å²) in [5.74, 6) is 0.339. The molecule has 0 saturated heterocycles. The SMILES string of the molecule is Fc1ccc(C(CCl)Cc2ccncc2Cl)cc1. The van der Waals surface area contributed by atoms with Crippen LogP contribution in [0.2, 0.25) is 5.02 Å². The minimum absolute atomic E-state index is 0.118. The van der Waals surface area contributed by atoms with E-state index in [4.69, 9.17) is 23.2 Å². The number of benzene rings is 1. The van der Waals surface area contributed by atoms with E-state index in [1.54, 1.807) is 24.5 Å². The van der Waals surface area contributed by atoms with Gasteiger partial charge in [-0.2, -0.15) is 0 Å². The highest BCUT2D eigenvalue weighted by molar-refractivity contribution is 6.31. The zero-order chi connectivity index (χ0) is 13.0. The van der Waals surface area contributed by atoms with Crippen molar-refractivity contribution in [3.63, 3.8) is 0 Å². The van der Waals surface area contributed by atoms with E-state index < -0.39 is 0 Å². The van der Waals surface area contributed by atoms with E-state index in [1.165, 1.54) is 12.1 Å². The van der Waals surface area contributed by atoms with Gasteiger partial charge in [-0.15, -0.1) is 11.6 Å². The number of alkyl halides is 1. The molecular formula is C14H12Cl2FN. The second kappa shape index (κ2) is 6.17. The van der Waals surface area contributed by atoms with Gasteiger partial charge in [0.05, 0.1) is 5.02 Å². The van der Waals surface area contributed by atoms with Gasteiger partial charge in [0, 0.05) is 24.2 Å². The van der Waals surface area contributed by atoms with Gasteiger partial charge in [0.2, 0.25) is 0 Å². The van der Waals surface area contributed by atoms with Crippen LogP contribution in [0.15, 0.2) is 42.7 Å². The molecule has 1 unspecified atom stereocenters. The second-order valence-corrected chi connectivity index (χ2v) is 4.79. The molecule has 2 rings (SSSR count). The molecule has 2 aromatic rings. The van der Waals surface area contributed by atoms with Crippen molar-refractivity contribution in [2.24, 2.45) is 0 Å². The highest BCUT2D eigenvalue weighted by Gasteiger charge is 2.13. The number of aromatic nitrogens is 1. The normalized spacial score (nSPS) is 12.4. The van der Waals surface area contributed by atoms with Crippen LogP contribution in [0, 0.1) is 5.82 Å². The van der Waals surface area contributed by atoms with Crippen LogP contribution in [0.25, 0.3) is 0 Å². The van der Waals surface area contributed by atoms with Crippen LogP contribution in [0.5, 0.6) is 0 Å². The van der Waals surface area contributed by atoms with Crippen molar-refractivity contribution in [2.45, 2.75) is 12.3 Å². The van der Waals surface area contributed by atoms with Gasteiger partial charge in [-0.25, -0.2) is 4.39 Å². The van der Waals surface area contributed by atoms with Crippen molar-refractivity contribution in [3.05, 3.63) is 64.7 Å². The zero-order valence-corrected chi connectivity index (χ0v) is 11.1. The van der Waals surface area contributed by atoms with Crippen molar-refractivity contribution < 1.29 is 4.39 Å². The van der Waals surface area contributed by atoms with Gasteiger partial charge in [-0.05, 0) is 35.7 Å². The van der Waals surface area contributed by atoms with Gasteiger partial charge < -0.3 is 0 Å². The fourth-order valence-corrected chi connectivity index (χ4v) is 2.32. The lowest BCUT2D eigenvalue weighted by molar-refractivity contribution is 0.625. The molecule has 0 spiro atoms. The minimum Gasteiger partial charge on any atom is -0.263 e. The molecule has 0 aliphatic rings. The molecule has 0 N–H and O–H groups in total. The van der Waals surface area contributed by atoms with Gasteiger partial charge in [-0.3, -0.25) is 4.98 Å². The Hall–Kier alpha value is -1.12. The molecular weight excluding hydrogens is 272 g/mol. The number of halogens is 3. The first-order valence-electron chi connectivity index (χ1n) is 5.60.